The Morgan fingerprint density at radius 2 is 2.24 bits per heavy atom. The van der Waals surface area contributed by atoms with E-state index in [1.807, 2.05) is 18.2 Å². The molecule has 0 fully saturated rings. The van der Waals surface area contributed by atoms with E-state index in [1.165, 1.54) is 4.88 Å². The van der Waals surface area contributed by atoms with E-state index in [1.54, 1.807) is 24.5 Å². The summed E-state index contributed by atoms with van der Waals surface area (Å²) >= 11 is 7.64. The van der Waals surface area contributed by atoms with Gasteiger partial charge in [-0.3, -0.25) is 0 Å². The fraction of sp³-hybridized carbons (Fsp3) is 0.231. The lowest BCUT2D eigenvalue weighted by molar-refractivity contribution is 0.405. The Balaban J connectivity index is 2.21. The molecule has 2 N–H and O–H groups in total. The van der Waals surface area contributed by atoms with Gasteiger partial charge in [-0.05, 0) is 23.6 Å². The lowest BCUT2D eigenvalue weighted by Crippen LogP contribution is -2.13. The smallest absolute Gasteiger partial charge is 0.125 e. The van der Waals surface area contributed by atoms with Crippen LogP contribution < -0.4 is 10.5 Å². The van der Waals surface area contributed by atoms with Gasteiger partial charge in [-0.25, -0.2) is 0 Å². The fourth-order valence-corrected chi connectivity index (χ4v) is 2.67. The normalized spacial score (nSPS) is 12.4. The topological polar surface area (TPSA) is 35.2 Å². The Kier molecular flexibility index (Phi) is 4.05. The molecule has 0 amide bonds. The zero-order valence-corrected chi connectivity index (χ0v) is 11.1. The van der Waals surface area contributed by atoms with Gasteiger partial charge in [0, 0.05) is 27.9 Å². The van der Waals surface area contributed by atoms with Crippen LogP contribution in [-0.4, -0.2) is 7.11 Å². The van der Waals surface area contributed by atoms with E-state index >= 15 is 0 Å². The first-order valence-corrected chi connectivity index (χ1v) is 6.58. The summed E-state index contributed by atoms with van der Waals surface area (Å²) in [4.78, 5) is 1.27. The summed E-state index contributed by atoms with van der Waals surface area (Å²) in [6.45, 7) is 0. The minimum absolute atomic E-state index is 0.0686. The van der Waals surface area contributed by atoms with Crippen LogP contribution in [0.1, 0.15) is 16.5 Å². The zero-order chi connectivity index (χ0) is 12.3. The van der Waals surface area contributed by atoms with Crippen molar-refractivity contribution in [2.24, 2.45) is 5.73 Å². The number of hydrogen-bond acceptors (Lipinski definition) is 3. The lowest BCUT2D eigenvalue weighted by atomic mass is 10.0. The standard InChI is InChI=1S/C13H14ClNOS/c1-16-13-7-9(14)4-5-11(13)12(15)8-10-3-2-6-17-10/h2-7,12H,8,15H2,1H3. The van der Waals surface area contributed by atoms with Crippen LogP contribution in [0.2, 0.25) is 5.02 Å². The second-order valence-electron chi connectivity index (χ2n) is 3.78. The van der Waals surface area contributed by atoms with Crippen LogP contribution in [0, 0.1) is 0 Å². The van der Waals surface area contributed by atoms with Gasteiger partial charge in [-0.15, -0.1) is 11.3 Å². The molecule has 1 aromatic carbocycles. The molecule has 1 atom stereocenters. The van der Waals surface area contributed by atoms with E-state index < -0.39 is 0 Å². The Morgan fingerprint density at radius 3 is 2.88 bits per heavy atom. The van der Waals surface area contributed by atoms with Gasteiger partial charge < -0.3 is 10.5 Å². The van der Waals surface area contributed by atoms with E-state index in [9.17, 15) is 0 Å². The molecule has 90 valence electrons. The molecular formula is C13H14ClNOS. The molecule has 0 aliphatic carbocycles. The van der Waals surface area contributed by atoms with Gasteiger partial charge in [0.15, 0.2) is 0 Å². The number of rotatable bonds is 4. The van der Waals surface area contributed by atoms with Crippen molar-refractivity contribution < 1.29 is 4.74 Å². The van der Waals surface area contributed by atoms with Crippen molar-refractivity contribution in [3.05, 3.63) is 51.2 Å². The molecular weight excluding hydrogens is 254 g/mol. The first kappa shape index (κ1) is 12.4. The third-order valence-corrected chi connectivity index (χ3v) is 3.73. The monoisotopic (exact) mass is 267 g/mol. The van der Waals surface area contributed by atoms with Crippen LogP contribution in [0.25, 0.3) is 0 Å². The van der Waals surface area contributed by atoms with E-state index in [0.717, 1.165) is 17.7 Å². The molecule has 2 nitrogen and oxygen atoms in total. The van der Waals surface area contributed by atoms with Crippen molar-refractivity contribution in [2.75, 3.05) is 7.11 Å². The highest BCUT2D eigenvalue weighted by atomic mass is 35.5. The number of ether oxygens (including phenoxy) is 1. The largest absolute Gasteiger partial charge is 0.496 e. The number of hydrogen-bond donors (Lipinski definition) is 1. The molecule has 0 saturated heterocycles. The third kappa shape index (κ3) is 3.00. The summed E-state index contributed by atoms with van der Waals surface area (Å²) < 4.78 is 5.31. The van der Waals surface area contributed by atoms with Gasteiger partial charge >= 0.3 is 0 Å². The Bertz CT molecular complexity index is 484. The highest BCUT2D eigenvalue weighted by Gasteiger charge is 2.13. The Morgan fingerprint density at radius 1 is 1.41 bits per heavy atom. The Labute approximate surface area is 110 Å². The predicted octanol–water partition coefficient (Wildman–Crippen LogP) is 3.65. The van der Waals surface area contributed by atoms with E-state index in [4.69, 9.17) is 22.1 Å². The molecule has 4 heteroatoms. The molecule has 2 rings (SSSR count). The van der Waals surface area contributed by atoms with Crippen molar-refractivity contribution >= 4 is 22.9 Å². The number of thiophene rings is 1. The third-order valence-electron chi connectivity index (χ3n) is 2.60. The zero-order valence-electron chi connectivity index (χ0n) is 9.52. The van der Waals surface area contributed by atoms with Crippen LogP contribution in [0.15, 0.2) is 35.7 Å². The second-order valence-corrected chi connectivity index (χ2v) is 5.24. The molecule has 1 aromatic heterocycles. The van der Waals surface area contributed by atoms with Crippen molar-refractivity contribution in [2.45, 2.75) is 12.5 Å². The second kappa shape index (κ2) is 5.54. The molecule has 1 unspecified atom stereocenters. The van der Waals surface area contributed by atoms with Crippen molar-refractivity contribution in [3.8, 4) is 5.75 Å². The average molecular weight is 268 g/mol. The summed E-state index contributed by atoms with van der Waals surface area (Å²) in [7, 11) is 1.63. The minimum Gasteiger partial charge on any atom is -0.496 e. The van der Waals surface area contributed by atoms with Crippen molar-refractivity contribution in [1.82, 2.24) is 0 Å². The van der Waals surface area contributed by atoms with Crippen molar-refractivity contribution in [1.29, 1.82) is 0 Å². The summed E-state index contributed by atoms with van der Waals surface area (Å²) in [6.07, 6.45) is 0.815. The van der Waals surface area contributed by atoms with Gasteiger partial charge in [0.2, 0.25) is 0 Å². The summed E-state index contributed by atoms with van der Waals surface area (Å²) in [6, 6.07) is 9.62. The van der Waals surface area contributed by atoms with Gasteiger partial charge in [-0.2, -0.15) is 0 Å². The first-order valence-electron chi connectivity index (χ1n) is 5.32. The number of methoxy groups -OCH3 is 1. The lowest BCUT2D eigenvalue weighted by Gasteiger charge is -2.15. The van der Waals surface area contributed by atoms with E-state index in [0.29, 0.717) is 5.02 Å². The SMILES string of the molecule is COc1cc(Cl)ccc1C(N)Cc1cccs1. The molecule has 2 aromatic rings. The maximum absolute atomic E-state index is 6.20. The average Bonchev–Trinajstić information content (AvgIpc) is 2.81. The summed E-state index contributed by atoms with van der Waals surface area (Å²) in [5.41, 5.74) is 7.19. The van der Waals surface area contributed by atoms with Gasteiger partial charge in [0.05, 0.1) is 7.11 Å². The maximum atomic E-state index is 6.20. The van der Waals surface area contributed by atoms with Crippen LogP contribution in [0.4, 0.5) is 0 Å². The summed E-state index contributed by atoms with van der Waals surface area (Å²) in [5, 5.41) is 2.72. The first-order chi connectivity index (χ1) is 8.20. The number of halogens is 1. The highest BCUT2D eigenvalue weighted by Crippen LogP contribution is 2.29. The summed E-state index contributed by atoms with van der Waals surface area (Å²) in [5.74, 6) is 0.751. The molecule has 1 heterocycles. The highest BCUT2D eigenvalue weighted by molar-refractivity contribution is 7.09. The maximum Gasteiger partial charge on any atom is 0.125 e. The van der Waals surface area contributed by atoms with Crippen molar-refractivity contribution in [3.63, 3.8) is 0 Å². The molecule has 0 radical (unpaired) electrons. The fourth-order valence-electron chi connectivity index (χ4n) is 1.75. The van der Waals surface area contributed by atoms with E-state index in [-0.39, 0.29) is 6.04 Å². The predicted molar refractivity (Wildman–Crippen MR) is 73.0 cm³/mol. The molecule has 0 bridgehead atoms. The number of benzene rings is 1. The Hall–Kier alpha value is -1.03. The molecule has 0 aliphatic rings. The molecule has 0 spiro atoms. The molecule has 17 heavy (non-hydrogen) atoms. The molecule has 0 saturated carbocycles. The molecule has 0 aliphatic heterocycles. The van der Waals surface area contributed by atoms with Gasteiger partial charge in [-0.1, -0.05) is 23.7 Å². The quantitative estimate of drug-likeness (QED) is 0.918. The van der Waals surface area contributed by atoms with Crippen LogP contribution in [0.3, 0.4) is 0 Å². The van der Waals surface area contributed by atoms with Crippen LogP contribution in [0.5, 0.6) is 5.75 Å². The minimum atomic E-state index is -0.0686. The van der Waals surface area contributed by atoms with E-state index in [2.05, 4.69) is 11.4 Å². The van der Waals surface area contributed by atoms with Gasteiger partial charge in [0.25, 0.3) is 0 Å². The van der Waals surface area contributed by atoms with Crippen LogP contribution in [-0.2, 0) is 6.42 Å². The van der Waals surface area contributed by atoms with Crippen LogP contribution >= 0.6 is 22.9 Å². The number of nitrogens with two attached hydrogens (primary N) is 1. The van der Waals surface area contributed by atoms with Gasteiger partial charge in [0.1, 0.15) is 5.75 Å².